The lowest BCUT2D eigenvalue weighted by molar-refractivity contribution is -0.127. The smallest absolute Gasteiger partial charge is 0.237 e. The Morgan fingerprint density at radius 2 is 2.00 bits per heavy atom. The van der Waals surface area contributed by atoms with Crippen molar-refractivity contribution < 1.29 is 14.3 Å². The second-order valence-electron chi connectivity index (χ2n) is 5.98. The maximum Gasteiger partial charge on any atom is 0.237 e. The molecule has 0 spiro atoms. The third-order valence-electron chi connectivity index (χ3n) is 3.93. The molecular formula is C18H27N3O3. The number of rotatable bonds is 9. The lowest BCUT2D eigenvalue weighted by Gasteiger charge is -2.22. The number of carbonyl (C=O) groups is 2. The van der Waals surface area contributed by atoms with E-state index in [1.807, 2.05) is 24.3 Å². The monoisotopic (exact) mass is 333 g/mol. The predicted octanol–water partition coefficient (Wildman–Crippen LogP) is 2.06. The van der Waals surface area contributed by atoms with Crippen LogP contribution < -0.4 is 20.7 Å². The number of nitrogens with one attached hydrogen (secondary N) is 3. The van der Waals surface area contributed by atoms with Gasteiger partial charge in [-0.15, -0.1) is 0 Å². The van der Waals surface area contributed by atoms with Crippen molar-refractivity contribution in [3.63, 3.8) is 0 Å². The van der Waals surface area contributed by atoms with Crippen molar-refractivity contribution in [1.82, 2.24) is 10.6 Å². The average molecular weight is 333 g/mol. The number of unbranched alkanes of at least 4 members (excludes halogenated alkanes) is 3. The van der Waals surface area contributed by atoms with Gasteiger partial charge in [-0.25, -0.2) is 0 Å². The number of hydrogen-bond acceptors (Lipinski definition) is 4. The van der Waals surface area contributed by atoms with Crippen LogP contribution >= 0.6 is 0 Å². The SMILES string of the molecule is CCCCCCOc1ccc(NC(=O)CC2NCCNC2=O)cc1. The minimum Gasteiger partial charge on any atom is -0.494 e. The molecule has 24 heavy (non-hydrogen) atoms. The molecule has 0 radical (unpaired) electrons. The van der Waals surface area contributed by atoms with Gasteiger partial charge < -0.3 is 20.7 Å². The Hall–Kier alpha value is -2.08. The van der Waals surface area contributed by atoms with Gasteiger partial charge in [0.15, 0.2) is 0 Å². The van der Waals surface area contributed by atoms with E-state index in [4.69, 9.17) is 4.74 Å². The number of carbonyl (C=O) groups excluding carboxylic acids is 2. The molecule has 1 aromatic rings. The second-order valence-corrected chi connectivity index (χ2v) is 5.98. The van der Waals surface area contributed by atoms with E-state index >= 15 is 0 Å². The van der Waals surface area contributed by atoms with Crippen LogP contribution in [0.25, 0.3) is 0 Å². The summed E-state index contributed by atoms with van der Waals surface area (Å²) in [5.41, 5.74) is 0.703. The summed E-state index contributed by atoms with van der Waals surface area (Å²) < 4.78 is 5.67. The minimum absolute atomic E-state index is 0.122. The molecule has 1 heterocycles. The first kappa shape index (κ1) is 18.3. The van der Waals surface area contributed by atoms with Crippen LogP contribution in [0.3, 0.4) is 0 Å². The molecule has 6 nitrogen and oxygen atoms in total. The van der Waals surface area contributed by atoms with Gasteiger partial charge in [-0.2, -0.15) is 0 Å². The van der Waals surface area contributed by atoms with E-state index in [0.717, 1.165) is 12.2 Å². The first-order valence-electron chi connectivity index (χ1n) is 8.73. The molecule has 1 aromatic carbocycles. The number of amides is 2. The number of anilines is 1. The molecule has 1 aliphatic heterocycles. The Balaban J connectivity index is 1.72. The summed E-state index contributed by atoms with van der Waals surface area (Å²) in [6, 6.07) is 6.87. The molecule has 1 atom stereocenters. The molecule has 1 fully saturated rings. The van der Waals surface area contributed by atoms with Crippen LogP contribution in [0.1, 0.15) is 39.0 Å². The predicted molar refractivity (Wildman–Crippen MR) is 94.1 cm³/mol. The highest BCUT2D eigenvalue weighted by atomic mass is 16.5. The summed E-state index contributed by atoms with van der Waals surface area (Å²) in [5.74, 6) is 0.499. The van der Waals surface area contributed by atoms with Crippen molar-refractivity contribution in [3.05, 3.63) is 24.3 Å². The molecule has 132 valence electrons. The molecule has 6 heteroatoms. The van der Waals surface area contributed by atoms with Crippen molar-refractivity contribution in [2.75, 3.05) is 25.0 Å². The molecule has 0 bridgehead atoms. The van der Waals surface area contributed by atoms with E-state index in [0.29, 0.717) is 25.4 Å². The van der Waals surface area contributed by atoms with Crippen molar-refractivity contribution in [3.8, 4) is 5.75 Å². The van der Waals surface area contributed by atoms with Gasteiger partial charge in [0.1, 0.15) is 5.75 Å². The topological polar surface area (TPSA) is 79.5 Å². The molecule has 3 N–H and O–H groups in total. The fourth-order valence-electron chi connectivity index (χ4n) is 2.56. The second kappa shape index (κ2) is 9.93. The van der Waals surface area contributed by atoms with E-state index < -0.39 is 6.04 Å². The van der Waals surface area contributed by atoms with Crippen LogP contribution in [-0.4, -0.2) is 37.6 Å². The van der Waals surface area contributed by atoms with Crippen LogP contribution in [0.4, 0.5) is 5.69 Å². The largest absolute Gasteiger partial charge is 0.494 e. The van der Waals surface area contributed by atoms with Crippen molar-refractivity contribution in [2.45, 2.75) is 45.1 Å². The average Bonchev–Trinajstić information content (AvgIpc) is 2.58. The molecule has 2 rings (SSSR count). The Morgan fingerprint density at radius 1 is 1.21 bits per heavy atom. The Morgan fingerprint density at radius 3 is 2.71 bits per heavy atom. The zero-order valence-corrected chi connectivity index (χ0v) is 14.3. The molecule has 1 unspecified atom stereocenters. The summed E-state index contributed by atoms with van der Waals surface area (Å²) in [7, 11) is 0. The number of benzene rings is 1. The van der Waals surface area contributed by atoms with E-state index in [1.165, 1.54) is 19.3 Å². The van der Waals surface area contributed by atoms with Crippen molar-refractivity contribution in [1.29, 1.82) is 0 Å². The highest BCUT2D eigenvalue weighted by Gasteiger charge is 2.23. The lowest BCUT2D eigenvalue weighted by Crippen LogP contribution is -2.53. The molecule has 0 aliphatic carbocycles. The first-order chi connectivity index (χ1) is 11.7. The van der Waals surface area contributed by atoms with Crippen molar-refractivity contribution in [2.24, 2.45) is 0 Å². The summed E-state index contributed by atoms with van der Waals surface area (Å²) in [6.07, 6.45) is 4.83. The highest BCUT2D eigenvalue weighted by molar-refractivity contribution is 5.95. The fraction of sp³-hybridized carbons (Fsp3) is 0.556. The number of ether oxygens (including phenoxy) is 1. The number of hydrogen-bond donors (Lipinski definition) is 3. The maximum absolute atomic E-state index is 12.0. The molecule has 2 amide bonds. The van der Waals surface area contributed by atoms with E-state index in [-0.39, 0.29) is 18.2 Å². The van der Waals surface area contributed by atoms with Gasteiger partial charge >= 0.3 is 0 Å². The number of piperazine rings is 1. The molecule has 0 aromatic heterocycles. The van der Waals surface area contributed by atoms with E-state index in [9.17, 15) is 9.59 Å². The van der Waals surface area contributed by atoms with Crippen LogP contribution in [0.2, 0.25) is 0 Å². The standard InChI is InChI=1S/C18H27N3O3/c1-2-3-4-5-12-24-15-8-6-14(7-9-15)21-17(22)13-16-18(23)20-11-10-19-16/h6-9,16,19H,2-5,10-13H2,1H3,(H,20,23)(H,21,22). The third kappa shape index (κ3) is 6.20. The summed E-state index contributed by atoms with van der Waals surface area (Å²) >= 11 is 0. The van der Waals surface area contributed by atoms with Gasteiger partial charge in [-0.1, -0.05) is 26.2 Å². The molecular weight excluding hydrogens is 306 g/mol. The highest BCUT2D eigenvalue weighted by Crippen LogP contribution is 2.16. The lowest BCUT2D eigenvalue weighted by atomic mass is 10.1. The minimum atomic E-state index is -0.454. The van der Waals surface area contributed by atoms with Gasteiger partial charge in [-0.3, -0.25) is 9.59 Å². The van der Waals surface area contributed by atoms with Crippen LogP contribution in [0.15, 0.2) is 24.3 Å². The van der Waals surface area contributed by atoms with Gasteiger partial charge in [0.25, 0.3) is 0 Å². The van der Waals surface area contributed by atoms with E-state index in [1.54, 1.807) is 0 Å². The van der Waals surface area contributed by atoms with Crippen molar-refractivity contribution >= 4 is 17.5 Å². The van der Waals surface area contributed by atoms with Gasteiger partial charge in [0.05, 0.1) is 19.1 Å². The van der Waals surface area contributed by atoms with Crippen LogP contribution in [0, 0.1) is 0 Å². The quantitative estimate of drug-likeness (QED) is 0.604. The Kier molecular flexibility index (Phi) is 7.55. The fourth-order valence-corrected chi connectivity index (χ4v) is 2.56. The third-order valence-corrected chi connectivity index (χ3v) is 3.93. The van der Waals surface area contributed by atoms with Crippen LogP contribution in [0.5, 0.6) is 5.75 Å². The normalized spacial score (nSPS) is 17.2. The molecule has 0 saturated carbocycles. The van der Waals surface area contributed by atoms with Crippen LogP contribution in [-0.2, 0) is 9.59 Å². The van der Waals surface area contributed by atoms with E-state index in [2.05, 4.69) is 22.9 Å². The summed E-state index contributed by atoms with van der Waals surface area (Å²) in [4.78, 5) is 23.6. The molecule has 1 saturated heterocycles. The zero-order chi connectivity index (χ0) is 17.2. The Labute approximate surface area is 143 Å². The van der Waals surface area contributed by atoms with Gasteiger partial charge in [0, 0.05) is 18.8 Å². The zero-order valence-electron chi connectivity index (χ0n) is 14.3. The summed E-state index contributed by atoms with van der Waals surface area (Å²) in [6.45, 7) is 4.20. The summed E-state index contributed by atoms with van der Waals surface area (Å²) in [5, 5.41) is 8.59. The van der Waals surface area contributed by atoms with Gasteiger partial charge in [0.2, 0.25) is 11.8 Å². The van der Waals surface area contributed by atoms with Gasteiger partial charge in [-0.05, 0) is 30.7 Å². The molecule has 1 aliphatic rings. The Bertz CT molecular complexity index is 531. The maximum atomic E-state index is 12.0. The first-order valence-corrected chi connectivity index (χ1v) is 8.73.